The standard InChI is InChI=1S/C23H25N5O2/c1-17-15-21(28(25-17)19-8-4-3-5-9-19)23(30)27-13-11-26(12-14-27)20-10-6-7-18(16-20)22(29)24-2/h3-10,15-16H,11-14H2,1-2H3,(H,24,29). The number of hydrogen-bond acceptors (Lipinski definition) is 4. The molecular weight excluding hydrogens is 378 g/mol. The first kappa shape index (κ1) is 19.7. The highest BCUT2D eigenvalue weighted by atomic mass is 16.2. The van der Waals surface area contributed by atoms with E-state index in [4.69, 9.17) is 0 Å². The van der Waals surface area contributed by atoms with E-state index in [0.717, 1.165) is 17.1 Å². The summed E-state index contributed by atoms with van der Waals surface area (Å²) in [5.74, 6) is -0.117. The van der Waals surface area contributed by atoms with Crippen molar-refractivity contribution in [2.75, 3.05) is 38.1 Å². The molecule has 2 heterocycles. The zero-order valence-electron chi connectivity index (χ0n) is 17.2. The maximum Gasteiger partial charge on any atom is 0.272 e. The van der Waals surface area contributed by atoms with Crippen molar-refractivity contribution in [2.24, 2.45) is 0 Å². The average Bonchev–Trinajstić information content (AvgIpc) is 3.20. The first-order chi connectivity index (χ1) is 14.6. The van der Waals surface area contributed by atoms with Crippen LogP contribution in [0, 0.1) is 6.92 Å². The summed E-state index contributed by atoms with van der Waals surface area (Å²) in [6.07, 6.45) is 0. The van der Waals surface area contributed by atoms with Gasteiger partial charge in [-0.3, -0.25) is 9.59 Å². The van der Waals surface area contributed by atoms with Crippen LogP contribution in [-0.4, -0.2) is 59.7 Å². The molecule has 1 aromatic heterocycles. The summed E-state index contributed by atoms with van der Waals surface area (Å²) in [5, 5.41) is 7.17. The van der Waals surface area contributed by atoms with Crippen LogP contribution in [0.15, 0.2) is 60.7 Å². The quantitative estimate of drug-likeness (QED) is 0.727. The van der Waals surface area contributed by atoms with E-state index in [9.17, 15) is 9.59 Å². The number of rotatable bonds is 4. The van der Waals surface area contributed by atoms with Crippen LogP contribution in [0.5, 0.6) is 0 Å². The van der Waals surface area contributed by atoms with E-state index < -0.39 is 0 Å². The summed E-state index contributed by atoms with van der Waals surface area (Å²) in [6, 6.07) is 19.1. The Labute approximate surface area is 175 Å². The second kappa shape index (κ2) is 8.41. The van der Waals surface area contributed by atoms with Gasteiger partial charge in [0, 0.05) is 44.5 Å². The Balaban J connectivity index is 1.48. The Morgan fingerprint density at radius 2 is 1.60 bits per heavy atom. The van der Waals surface area contributed by atoms with Crippen molar-refractivity contribution in [3.63, 3.8) is 0 Å². The molecule has 0 atom stereocenters. The maximum atomic E-state index is 13.2. The van der Waals surface area contributed by atoms with Gasteiger partial charge < -0.3 is 15.1 Å². The van der Waals surface area contributed by atoms with Crippen LogP contribution in [0.4, 0.5) is 5.69 Å². The molecule has 4 rings (SSSR count). The highest BCUT2D eigenvalue weighted by Gasteiger charge is 2.26. The Morgan fingerprint density at radius 1 is 0.900 bits per heavy atom. The lowest BCUT2D eigenvalue weighted by Crippen LogP contribution is -2.49. The van der Waals surface area contributed by atoms with Gasteiger partial charge in [-0.1, -0.05) is 24.3 Å². The fourth-order valence-corrected chi connectivity index (χ4v) is 3.74. The predicted molar refractivity (Wildman–Crippen MR) is 116 cm³/mol. The average molecular weight is 403 g/mol. The highest BCUT2D eigenvalue weighted by molar-refractivity contribution is 5.95. The molecule has 30 heavy (non-hydrogen) atoms. The normalized spacial score (nSPS) is 13.9. The number of nitrogens with zero attached hydrogens (tertiary/aromatic N) is 4. The number of benzene rings is 2. The molecule has 7 heteroatoms. The van der Waals surface area contributed by atoms with Gasteiger partial charge >= 0.3 is 0 Å². The number of anilines is 1. The molecule has 1 aliphatic heterocycles. The third kappa shape index (κ3) is 3.91. The van der Waals surface area contributed by atoms with Crippen molar-refractivity contribution in [3.8, 4) is 5.69 Å². The lowest BCUT2D eigenvalue weighted by Gasteiger charge is -2.36. The largest absolute Gasteiger partial charge is 0.368 e. The number of aryl methyl sites for hydroxylation is 1. The smallest absolute Gasteiger partial charge is 0.272 e. The van der Waals surface area contributed by atoms with Crippen LogP contribution in [-0.2, 0) is 0 Å². The summed E-state index contributed by atoms with van der Waals surface area (Å²) < 4.78 is 1.72. The molecule has 1 fully saturated rings. The van der Waals surface area contributed by atoms with E-state index in [0.29, 0.717) is 37.4 Å². The number of para-hydroxylation sites is 1. The minimum absolute atomic E-state index is 0.0155. The molecule has 2 amide bonds. The van der Waals surface area contributed by atoms with E-state index in [1.165, 1.54) is 0 Å². The van der Waals surface area contributed by atoms with E-state index in [1.807, 2.05) is 66.4 Å². The lowest BCUT2D eigenvalue weighted by atomic mass is 10.1. The van der Waals surface area contributed by atoms with Crippen molar-refractivity contribution < 1.29 is 9.59 Å². The molecule has 0 unspecified atom stereocenters. The number of carbonyl (C=O) groups excluding carboxylic acids is 2. The summed E-state index contributed by atoms with van der Waals surface area (Å²) in [4.78, 5) is 29.2. The van der Waals surface area contributed by atoms with Crippen LogP contribution in [0.1, 0.15) is 26.5 Å². The van der Waals surface area contributed by atoms with Crippen LogP contribution in [0.2, 0.25) is 0 Å². The summed E-state index contributed by atoms with van der Waals surface area (Å²) >= 11 is 0. The number of amides is 2. The molecule has 1 saturated heterocycles. The van der Waals surface area contributed by atoms with Gasteiger partial charge in [0.1, 0.15) is 5.69 Å². The first-order valence-electron chi connectivity index (χ1n) is 10.1. The van der Waals surface area contributed by atoms with Gasteiger partial charge in [-0.15, -0.1) is 0 Å². The zero-order chi connectivity index (χ0) is 21.1. The summed E-state index contributed by atoms with van der Waals surface area (Å²) in [6.45, 7) is 4.54. The van der Waals surface area contributed by atoms with Crippen LogP contribution in [0.3, 0.4) is 0 Å². The Hall–Kier alpha value is -3.61. The number of aromatic nitrogens is 2. The van der Waals surface area contributed by atoms with Crippen molar-refractivity contribution >= 4 is 17.5 Å². The molecular formula is C23H25N5O2. The minimum atomic E-state index is -0.102. The monoisotopic (exact) mass is 403 g/mol. The van der Waals surface area contributed by atoms with E-state index in [-0.39, 0.29) is 11.8 Å². The molecule has 3 aromatic rings. The number of carbonyl (C=O) groups is 2. The molecule has 1 N–H and O–H groups in total. The summed E-state index contributed by atoms with van der Waals surface area (Å²) in [5.41, 5.74) is 3.89. The first-order valence-corrected chi connectivity index (χ1v) is 10.1. The second-order valence-corrected chi connectivity index (χ2v) is 7.33. The Morgan fingerprint density at radius 3 is 2.30 bits per heavy atom. The fourth-order valence-electron chi connectivity index (χ4n) is 3.74. The van der Waals surface area contributed by atoms with Gasteiger partial charge in [0.15, 0.2) is 0 Å². The third-order valence-corrected chi connectivity index (χ3v) is 5.32. The summed E-state index contributed by atoms with van der Waals surface area (Å²) in [7, 11) is 1.63. The fraction of sp³-hybridized carbons (Fsp3) is 0.261. The van der Waals surface area contributed by atoms with Crippen molar-refractivity contribution in [1.29, 1.82) is 0 Å². The molecule has 2 aromatic carbocycles. The van der Waals surface area contributed by atoms with Crippen LogP contribution in [0.25, 0.3) is 5.69 Å². The van der Waals surface area contributed by atoms with Crippen molar-refractivity contribution in [1.82, 2.24) is 20.0 Å². The van der Waals surface area contributed by atoms with Crippen LogP contribution >= 0.6 is 0 Å². The molecule has 154 valence electrons. The van der Waals surface area contributed by atoms with Gasteiger partial charge in [0.05, 0.1) is 11.4 Å². The van der Waals surface area contributed by atoms with E-state index in [1.54, 1.807) is 17.8 Å². The number of hydrogen-bond donors (Lipinski definition) is 1. The Kier molecular flexibility index (Phi) is 5.52. The molecule has 0 bridgehead atoms. The maximum absolute atomic E-state index is 13.2. The molecule has 0 radical (unpaired) electrons. The molecule has 0 spiro atoms. The van der Waals surface area contributed by atoms with Crippen LogP contribution < -0.4 is 10.2 Å². The van der Waals surface area contributed by atoms with Crippen molar-refractivity contribution in [2.45, 2.75) is 6.92 Å². The topological polar surface area (TPSA) is 70.5 Å². The molecule has 1 aliphatic rings. The number of piperazine rings is 1. The minimum Gasteiger partial charge on any atom is -0.368 e. The van der Waals surface area contributed by atoms with Gasteiger partial charge in [-0.2, -0.15) is 5.10 Å². The Bertz CT molecular complexity index is 1050. The molecule has 0 saturated carbocycles. The van der Waals surface area contributed by atoms with Gasteiger partial charge in [0.25, 0.3) is 11.8 Å². The molecule has 7 nitrogen and oxygen atoms in total. The lowest BCUT2D eigenvalue weighted by molar-refractivity contribution is 0.0737. The second-order valence-electron chi connectivity index (χ2n) is 7.33. The predicted octanol–water partition coefficient (Wildman–Crippen LogP) is 2.50. The van der Waals surface area contributed by atoms with E-state index in [2.05, 4.69) is 15.3 Å². The highest BCUT2D eigenvalue weighted by Crippen LogP contribution is 2.20. The van der Waals surface area contributed by atoms with E-state index >= 15 is 0 Å². The SMILES string of the molecule is CNC(=O)c1cccc(N2CCN(C(=O)c3cc(C)nn3-c3ccccc3)CC2)c1. The molecule has 0 aliphatic carbocycles. The van der Waals surface area contributed by atoms with Gasteiger partial charge in [-0.05, 0) is 43.3 Å². The third-order valence-electron chi connectivity index (χ3n) is 5.32. The van der Waals surface area contributed by atoms with Gasteiger partial charge in [0.2, 0.25) is 0 Å². The number of nitrogens with one attached hydrogen (secondary N) is 1. The zero-order valence-corrected chi connectivity index (χ0v) is 17.2. The van der Waals surface area contributed by atoms with Gasteiger partial charge in [-0.25, -0.2) is 4.68 Å². The van der Waals surface area contributed by atoms with Crippen molar-refractivity contribution in [3.05, 3.63) is 77.6 Å².